The minimum Gasteiger partial charge on any atom is -0.354 e. The number of nitrogens with zero attached hydrogens (tertiary/aromatic N) is 1. The Kier molecular flexibility index (Phi) is 5.01. The summed E-state index contributed by atoms with van der Waals surface area (Å²) in [7, 11) is 2.13. The van der Waals surface area contributed by atoms with Crippen molar-refractivity contribution in [1.82, 2.24) is 10.2 Å². The van der Waals surface area contributed by atoms with Crippen molar-refractivity contribution in [2.24, 2.45) is 5.92 Å². The Hall–Kier alpha value is -1.84. The molecular weight excluding hydrogens is 344 g/mol. The second-order valence-electron chi connectivity index (χ2n) is 7.64. The van der Waals surface area contributed by atoms with E-state index in [4.69, 9.17) is 11.6 Å². The Balaban J connectivity index is 1.36. The number of carbonyl (C=O) groups is 1. The van der Waals surface area contributed by atoms with Crippen LogP contribution >= 0.6 is 11.6 Å². The van der Waals surface area contributed by atoms with Crippen LogP contribution in [0.5, 0.6) is 0 Å². The minimum absolute atomic E-state index is 0.0977. The van der Waals surface area contributed by atoms with Crippen LogP contribution < -0.4 is 5.32 Å². The number of aryl methyl sites for hydroxylation is 1. The van der Waals surface area contributed by atoms with Crippen LogP contribution in [0.25, 0.3) is 0 Å². The van der Waals surface area contributed by atoms with E-state index >= 15 is 0 Å². The summed E-state index contributed by atoms with van der Waals surface area (Å²) in [5.41, 5.74) is 5.37. The normalized spacial score (nSPS) is 22.4. The van der Waals surface area contributed by atoms with Crippen LogP contribution in [0.15, 0.2) is 42.5 Å². The smallest absolute Gasteiger partial charge is 0.223 e. The molecule has 4 rings (SSSR count). The van der Waals surface area contributed by atoms with Crippen molar-refractivity contribution < 1.29 is 4.79 Å². The van der Waals surface area contributed by atoms with E-state index in [1.807, 2.05) is 6.07 Å². The molecular formula is C22H25ClN2O. The van der Waals surface area contributed by atoms with Crippen molar-refractivity contribution in [3.63, 3.8) is 0 Å². The molecule has 0 bridgehead atoms. The molecule has 1 aliphatic carbocycles. The molecule has 1 N–H and O–H groups in total. The number of hydrogen-bond acceptors (Lipinski definition) is 2. The molecule has 2 aromatic rings. The maximum atomic E-state index is 12.7. The lowest BCUT2D eigenvalue weighted by atomic mass is 9.83. The van der Waals surface area contributed by atoms with Gasteiger partial charge in [0.25, 0.3) is 0 Å². The Labute approximate surface area is 160 Å². The van der Waals surface area contributed by atoms with Crippen LogP contribution in [0, 0.1) is 5.92 Å². The van der Waals surface area contributed by atoms with Gasteiger partial charge in [0.2, 0.25) is 5.91 Å². The number of rotatable bonds is 3. The highest BCUT2D eigenvalue weighted by atomic mass is 35.5. The van der Waals surface area contributed by atoms with Crippen LogP contribution in [0.3, 0.4) is 0 Å². The van der Waals surface area contributed by atoms with Gasteiger partial charge in [0, 0.05) is 30.1 Å². The Morgan fingerprint density at radius 3 is 2.77 bits per heavy atom. The molecule has 4 heteroatoms. The molecule has 0 saturated heterocycles. The molecule has 1 aliphatic heterocycles. The van der Waals surface area contributed by atoms with E-state index in [0.717, 1.165) is 37.3 Å². The van der Waals surface area contributed by atoms with Gasteiger partial charge >= 0.3 is 0 Å². The molecule has 136 valence electrons. The fourth-order valence-corrected chi connectivity index (χ4v) is 4.45. The van der Waals surface area contributed by atoms with Crippen LogP contribution in [-0.4, -0.2) is 30.4 Å². The number of nitrogens with one attached hydrogen (secondary N) is 1. The molecule has 2 atom stereocenters. The first kappa shape index (κ1) is 17.6. The van der Waals surface area contributed by atoms with Crippen LogP contribution in [-0.2, 0) is 30.6 Å². The molecule has 0 spiro atoms. The van der Waals surface area contributed by atoms with Gasteiger partial charge in [-0.25, -0.2) is 0 Å². The minimum atomic E-state index is 0.0977. The van der Waals surface area contributed by atoms with Crippen LogP contribution in [0.4, 0.5) is 0 Å². The first-order chi connectivity index (χ1) is 12.6. The fraction of sp³-hybridized carbons (Fsp3) is 0.409. The summed E-state index contributed by atoms with van der Waals surface area (Å²) >= 11 is 6.15. The molecule has 0 radical (unpaired) electrons. The van der Waals surface area contributed by atoms with Crippen LogP contribution in [0.2, 0.25) is 5.02 Å². The second-order valence-corrected chi connectivity index (χ2v) is 8.08. The van der Waals surface area contributed by atoms with E-state index in [-0.39, 0.29) is 11.8 Å². The molecule has 1 amide bonds. The first-order valence-electron chi connectivity index (χ1n) is 9.42. The number of fused-ring (bicyclic) bond motifs is 2. The maximum Gasteiger partial charge on any atom is 0.223 e. The van der Waals surface area contributed by atoms with Gasteiger partial charge in [0.05, 0.1) is 0 Å². The Bertz CT molecular complexity index is 820. The zero-order chi connectivity index (χ0) is 18.1. The molecule has 0 saturated carbocycles. The summed E-state index contributed by atoms with van der Waals surface area (Å²) in [6.45, 7) is 1.60. The first-order valence-corrected chi connectivity index (χ1v) is 9.80. The molecule has 26 heavy (non-hydrogen) atoms. The van der Waals surface area contributed by atoms with Gasteiger partial charge in [0.1, 0.15) is 0 Å². The van der Waals surface area contributed by atoms with Gasteiger partial charge in [-0.1, -0.05) is 41.9 Å². The zero-order valence-corrected chi connectivity index (χ0v) is 15.9. The summed E-state index contributed by atoms with van der Waals surface area (Å²) < 4.78 is 0. The quantitative estimate of drug-likeness (QED) is 0.897. The number of amides is 1. The number of hydrogen-bond donors (Lipinski definition) is 1. The zero-order valence-electron chi connectivity index (χ0n) is 15.2. The fourth-order valence-electron chi connectivity index (χ4n) is 4.26. The van der Waals surface area contributed by atoms with Crippen molar-refractivity contribution >= 4 is 17.5 Å². The number of halogens is 1. The van der Waals surface area contributed by atoms with E-state index in [1.165, 1.54) is 22.3 Å². The van der Waals surface area contributed by atoms with Crippen molar-refractivity contribution in [3.05, 3.63) is 69.7 Å². The average molecular weight is 369 g/mol. The van der Waals surface area contributed by atoms with E-state index in [2.05, 4.69) is 53.7 Å². The van der Waals surface area contributed by atoms with E-state index < -0.39 is 0 Å². The van der Waals surface area contributed by atoms with Gasteiger partial charge in [-0.3, -0.25) is 9.69 Å². The summed E-state index contributed by atoms with van der Waals surface area (Å²) in [5.74, 6) is 0.297. The van der Waals surface area contributed by atoms with Crippen molar-refractivity contribution in [3.8, 4) is 0 Å². The van der Waals surface area contributed by atoms with E-state index in [9.17, 15) is 4.79 Å². The third-order valence-electron chi connectivity index (χ3n) is 5.90. The molecule has 1 heterocycles. The molecule has 3 nitrogen and oxygen atoms in total. The monoisotopic (exact) mass is 368 g/mol. The topological polar surface area (TPSA) is 32.3 Å². The Morgan fingerprint density at radius 1 is 1.12 bits per heavy atom. The van der Waals surface area contributed by atoms with Crippen molar-refractivity contribution in [2.45, 2.75) is 38.3 Å². The molecule has 0 aromatic heterocycles. The van der Waals surface area contributed by atoms with Crippen LogP contribution in [0.1, 0.15) is 28.7 Å². The van der Waals surface area contributed by atoms with Gasteiger partial charge in [0.15, 0.2) is 0 Å². The lowest BCUT2D eigenvalue weighted by Crippen LogP contribution is -2.47. The SMILES string of the molecule is CN1Cc2ccc(Cl)cc2C[C@H]1CNC(=O)C1CCc2ccccc2C1. The summed E-state index contributed by atoms with van der Waals surface area (Å²) in [6, 6.07) is 14.9. The molecule has 2 aliphatic rings. The van der Waals surface area contributed by atoms with Gasteiger partial charge in [-0.2, -0.15) is 0 Å². The number of carbonyl (C=O) groups excluding carboxylic acids is 1. The summed E-state index contributed by atoms with van der Waals surface area (Å²) in [4.78, 5) is 15.0. The van der Waals surface area contributed by atoms with Gasteiger partial charge in [-0.15, -0.1) is 0 Å². The third kappa shape index (κ3) is 3.65. The average Bonchev–Trinajstić information content (AvgIpc) is 2.66. The lowest BCUT2D eigenvalue weighted by Gasteiger charge is -2.34. The number of likely N-dealkylation sites (N-methyl/N-ethyl adjacent to an activating group) is 1. The standard InChI is InChI=1S/C22H25ClN2O/c1-25-14-18-8-9-20(23)11-19(18)12-21(25)13-24-22(26)17-7-6-15-4-2-3-5-16(15)10-17/h2-5,8-9,11,17,21H,6-7,10,12-14H2,1H3,(H,24,26)/t17?,21-/m0/s1. The molecule has 2 aromatic carbocycles. The highest BCUT2D eigenvalue weighted by molar-refractivity contribution is 6.30. The van der Waals surface area contributed by atoms with Gasteiger partial charge in [-0.05, 0) is 67.1 Å². The second kappa shape index (κ2) is 7.42. The highest BCUT2D eigenvalue weighted by Gasteiger charge is 2.27. The number of benzene rings is 2. The summed E-state index contributed by atoms with van der Waals surface area (Å²) in [6.07, 6.45) is 3.74. The lowest BCUT2D eigenvalue weighted by molar-refractivity contribution is -0.125. The molecule has 0 fully saturated rings. The van der Waals surface area contributed by atoms with Crippen molar-refractivity contribution in [1.29, 1.82) is 0 Å². The largest absolute Gasteiger partial charge is 0.354 e. The highest BCUT2D eigenvalue weighted by Crippen LogP contribution is 2.27. The predicted octanol–water partition coefficient (Wildman–Crippen LogP) is 3.62. The van der Waals surface area contributed by atoms with Gasteiger partial charge < -0.3 is 5.32 Å². The summed E-state index contributed by atoms with van der Waals surface area (Å²) in [5, 5.41) is 4.00. The molecule has 1 unspecified atom stereocenters. The predicted molar refractivity (Wildman–Crippen MR) is 105 cm³/mol. The van der Waals surface area contributed by atoms with E-state index in [0.29, 0.717) is 12.6 Å². The third-order valence-corrected chi connectivity index (χ3v) is 6.13. The maximum absolute atomic E-state index is 12.7. The Morgan fingerprint density at radius 2 is 1.92 bits per heavy atom. The van der Waals surface area contributed by atoms with E-state index in [1.54, 1.807) is 0 Å². The van der Waals surface area contributed by atoms with Crippen molar-refractivity contribution in [2.75, 3.05) is 13.6 Å².